The molecule has 0 fully saturated rings. The minimum Gasteiger partial charge on any atom is -0.368 e. The van der Waals surface area contributed by atoms with Crippen molar-refractivity contribution < 1.29 is 9.59 Å². The average Bonchev–Trinajstić information content (AvgIpc) is 2.39. The monoisotopic (exact) mass is 278 g/mol. The van der Waals surface area contributed by atoms with Gasteiger partial charge in [0.2, 0.25) is 5.91 Å². The van der Waals surface area contributed by atoms with E-state index in [1.165, 1.54) is 6.92 Å². The molecule has 1 rings (SSSR count). The summed E-state index contributed by atoms with van der Waals surface area (Å²) in [5, 5.41) is 8.41. The van der Waals surface area contributed by atoms with Gasteiger partial charge in [0, 0.05) is 11.7 Å². The SMILES string of the molecule is CCNC(C)c1ccc(NC(=O)NC(C)C(N)=O)cc1. The van der Waals surface area contributed by atoms with Crippen LogP contribution in [0.2, 0.25) is 0 Å². The highest BCUT2D eigenvalue weighted by molar-refractivity contribution is 5.93. The topological polar surface area (TPSA) is 96.2 Å². The van der Waals surface area contributed by atoms with Crippen LogP contribution in [0.3, 0.4) is 0 Å². The number of nitrogens with two attached hydrogens (primary N) is 1. The zero-order chi connectivity index (χ0) is 15.1. The molecule has 2 atom stereocenters. The van der Waals surface area contributed by atoms with Crippen molar-refractivity contribution in [3.05, 3.63) is 29.8 Å². The van der Waals surface area contributed by atoms with Gasteiger partial charge in [-0.3, -0.25) is 4.79 Å². The standard InChI is InChI=1S/C14H22N4O2/c1-4-16-9(2)11-5-7-12(8-6-11)18-14(20)17-10(3)13(15)19/h5-10,16H,4H2,1-3H3,(H2,15,19)(H2,17,18,20). The Kier molecular flexibility index (Phi) is 5.99. The summed E-state index contributed by atoms with van der Waals surface area (Å²) in [4.78, 5) is 22.4. The molecule has 5 N–H and O–H groups in total. The van der Waals surface area contributed by atoms with E-state index < -0.39 is 18.0 Å². The number of hydrogen-bond donors (Lipinski definition) is 4. The summed E-state index contributed by atoms with van der Waals surface area (Å²) in [6, 6.07) is 6.63. The van der Waals surface area contributed by atoms with Crippen LogP contribution in [0.25, 0.3) is 0 Å². The van der Waals surface area contributed by atoms with E-state index in [0.29, 0.717) is 5.69 Å². The minimum atomic E-state index is -0.706. The van der Waals surface area contributed by atoms with Crippen LogP contribution >= 0.6 is 0 Å². The molecule has 0 saturated heterocycles. The largest absolute Gasteiger partial charge is 0.368 e. The van der Waals surface area contributed by atoms with Crippen LogP contribution in [0.4, 0.5) is 10.5 Å². The lowest BCUT2D eigenvalue weighted by atomic mass is 10.1. The summed E-state index contributed by atoms with van der Waals surface area (Å²) >= 11 is 0. The molecule has 0 aliphatic rings. The van der Waals surface area contributed by atoms with Crippen LogP contribution in [-0.4, -0.2) is 24.5 Å². The molecule has 6 heteroatoms. The smallest absolute Gasteiger partial charge is 0.319 e. The number of benzene rings is 1. The fourth-order valence-corrected chi connectivity index (χ4v) is 1.71. The third-order valence-corrected chi connectivity index (χ3v) is 2.95. The minimum absolute atomic E-state index is 0.262. The maximum absolute atomic E-state index is 11.6. The second-order valence-electron chi connectivity index (χ2n) is 4.62. The van der Waals surface area contributed by atoms with Crippen LogP contribution in [0, 0.1) is 0 Å². The van der Waals surface area contributed by atoms with Crippen molar-refractivity contribution in [2.24, 2.45) is 5.73 Å². The van der Waals surface area contributed by atoms with Crippen molar-refractivity contribution in [2.45, 2.75) is 32.9 Å². The predicted octanol–water partition coefficient (Wildman–Crippen LogP) is 1.35. The summed E-state index contributed by atoms with van der Waals surface area (Å²) in [5.74, 6) is -0.574. The fourth-order valence-electron chi connectivity index (χ4n) is 1.71. The Labute approximate surface area is 119 Å². The number of carbonyl (C=O) groups excluding carboxylic acids is 2. The molecule has 110 valence electrons. The van der Waals surface area contributed by atoms with Gasteiger partial charge in [-0.25, -0.2) is 4.79 Å². The van der Waals surface area contributed by atoms with Gasteiger partial charge in [-0.1, -0.05) is 19.1 Å². The summed E-state index contributed by atoms with van der Waals surface area (Å²) in [5.41, 5.74) is 6.87. The number of anilines is 1. The first-order valence-corrected chi connectivity index (χ1v) is 6.64. The van der Waals surface area contributed by atoms with E-state index >= 15 is 0 Å². The second kappa shape index (κ2) is 7.49. The Balaban J connectivity index is 2.57. The van der Waals surface area contributed by atoms with Gasteiger partial charge in [-0.2, -0.15) is 0 Å². The van der Waals surface area contributed by atoms with Gasteiger partial charge in [0.1, 0.15) is 6.04 Å². The van der Waals surface area contributed by atoms with Gasteiger partial charge in [0.15, 0.2) is 0 Å². The number of hydrogen-bond acceptors (Lipinski definition) is 3. The highest BCUT2D eigenvalue weighted by Gasteiger charge is 2.12. The van der Waals surface area contributed by atoms with Gasteiger partial charge in [0.05, 0.1) is 0 Å². The number of urea groups is 1. The molecule has 0 aliphatic carbocycles. The molecule has 0 aliphatic heterocycles. The molecule has 3 amide bonds. The first-order chi connectivity index (χ1) is 9.43. The lowest BCUT2D eigenvalue weighted by Crippen LogP contribution is -2.44. The molecule has 6 nitrogen and oxygen atoms in total. The molecular formula is C14H22N4O2. The Morgan fingerprint density at radius 3 is 2.30 bits per heavy atom. The summed E-state index contributed by atoms with van der Waals surface area (Å²) in [6.07, 6.45) is 0. The van der Waals surface area contributed by atoms with Crippen LogP contribution in [0.5, 0.6) is 0 Å². The average molecular weight is 278 g/mol. The van der Waals surface area contributed by atoms with Crippen molar-refractivity contribution >= 4 is 17.6 Å². The quantitative estimate of drug-likeness (QED) is 0.632. The number of rotatable bonds is 6. The van der Waals surface area contributed by atoms with Crippen molar-refractivity contribution in [2.75, 3.05) is 11.9 Å². The Morgan fingerprint density at radius 2 is 1.80 bits per heavy atom. The first-order valence-electron chi connectivity index (χ1n) is 6.64. The molecule has 0 saturated carbocycles. The zero-order valence-electron chi connectivity index (χ0n) is 12.1. The Hall–Kier alpha value is -2.08. The molecule has 0 spiro atoms. The van der Waals surface area contributed by atoms with E-state index in [0.717, 1.165) is 12.1 Å². The number of nitrogens with one attached hydrogen (secondary N) is 3. The van der Waals surface area contributed by atoms with Crippen LogP contribution in [0.15, 0.2) is 24.3 Å². The molecule has 0 bridgehead atoms. The van der Waals surface area contributed by atoms with Gasteiger partial charge in [-0.05, 0) is 38.1 Å². The van der Waals surface area contributed by atoms with Crippen molar-refractivity contribution in [1.29, 1.82) is 0 Å². The first kappa shape index (κ1) is 16.0. The zero-order valence-corrected chi connectivity index (χ0v) is 12.1. The maximum Gasteiger partial charge on any atom is 0.319 e. The van der Waals surface area contributed by atoms with Crippen molar-refractivity contribution in [3.63, 3.8) is 0 Å². The summed E-state index contributed by atoms with van der Waals surface area (Å²) in [7, 11) is 0. The Morgan fingerprint density at radius 1 is 1.20 bits per heavy atom. The molecule has 1 aromatic rings. The highest BCUT2D eigenvalue weighted by Crippen LogP contribution is 2.15. The van der Waals surface area contributed by atoms with E-state index in [4.69, 9.17) is 5.73 Å². The lowest BCUT2D eigenvalue weighted by Gasteiger charge is -2.14. The number of amides is 3. The molecule has 0 radical (unpaired) electrons. The van der Waals surface area contributed by atoms with Gasteiger partial charge in [-0.15, -0.1) is 0 Å². The third-order valence-electron chi connectivity index (χ3n) is 2.95. The van der Waals surface area contributed by atoms with Crippen molar-refractivity contribution in [1.82, 2.24) is 10.6 Å². The van der Waals surface area contributed by atoms with E-state index in [-0.39, 0.29) is 6.04 Å². The molecule has 0 aromatic heterocycles. The van der Waals surface area contributed by atoms with E-state index in [1.54, 1.807) is 0 Å². The molecule has 1 aromatic carbocycles. The fraction of sp³-hybridized carbons (Fsp3) is 0.429. The predicted molar refractivity (Wildman–Crippen MR) is 79.3 cm³/mol. The van der Waals surface area contributed by atoms with Gasteiger partial charge in [0.25, 0.3) is 0 Å². The number of carbonyl (C=O) groups is 2. The van der Waals surface area contributed by atoms with Gasteiger partial charge >= 0.3 is 6.03 Å². The maximum atomic E-state index is 11.6. The van der Waals surface area contributed by atoms with E-state index in [9.17, 15) is 9.59 Å². The lowest BCUT2D eigenvalue weighted by molar-refractivity contribution is -0.119. The molecule has 2 unspecified atom stereocenters. The van der Waals surface area contributed by atoms with Crippen molar-refractivity contribution in [3.8, 4) is 0 Å². The second-order valence-corrected chi connectivity index (χ2v) is 4.62. The van der Waals surface area contributed by atoms with Crippen LogP contribution < -0.4 is 21.7 Å². The summed E-state index contributed by atoms with van der Waals surface area (Å²) < 4.78 is 0. The highest BCUT2D eigenvalue weighted by atomic mass is 16.2. The number of primary amides is 1. The molecule has 0 heterocycles. The van der Waals surface area contributed by atoms with Crippen LogP contribution in [-0.2, 0) is 4.79 Å². The van der Waals surface area contributed by atoms with E-state index in [2.05, 4.69) is 29.8 Å². The summed E-state index contributed by atoms with van der Waals surface area (Å²) in [6.45, 7) is 6.56. The van der Waals surface area contributed by atoms with Crippen LogP contribution in [0.1, 0.15) is 32.4 Å². The molecular weight excluding hydrogens is 256 g/mol. The van der Waals surface area contributed by atoms with Gasteiger partial charge < -0.3 is 21.7 Å². The third kappa shape index (κ3) is 4.89. The Bertz CT molecular complexity index is 459. The molecule has 20 heavy (non-hydrogen) atoms. The normalized spacial score (nSPS) is 13.3. The van der Waals surface area contributed by atoms with E-state index in [1.807, 2.05) is 24.3 Å².